The van der Waals surface area contributed by atoms with Gasteiger partial charge in [-0.2, -0.15) is 0 Å². The van der Waals surface area contributed by atoms with Crippen LogP contribution in [0.5, 0.6) is 0 Å². The molecule has 1 aromatic carbocycles. The van der Waals surface area contributed by atoms with Crippen LogP contribution >= 0.6 is 0 Å². The number of anilines is 1. The van der Waals surface area contributed by atoms with Crippen molar-refractivity contribution in [2.45, 2.75) is 19.4 Å². The van der Waals surface area contributed by atoms with Gasteiger partial charge in [-0.15, -0.1) is 0 Å². The quantitative estimate of drug-likeness (QED) is 0.671. The third-order valence-corrected chi connectivity index (χ3v) is 2.18. The molecule has 0 saturated heterocycles. The summed E-state index contributed by atoms with van der Waals surface area (Å²) in [6.45, 7) is 2.16. The van der Waals surface area contributed by atoms with Crippen molar-refractivity contribution in [1.82, 2.24) is 0 Å². The van der Waals surface area contributed by atoms with Crippen LogP contribution in [-0.2, 0) is 0 Å². The van der Waals surface area contributed by atoms with E-state index in [0.717, 1.165) is 6.42 Å². The van der Waals surface area contributed by atoms with Crippen LogP contribution in [0, 0.1) is 0 Å². The van der Waals surface area contributed by atoms with Gasteiger partial charge in [0.1, 0.15) is 0 Å². The molecule has 2 rings (SSSR count). The van der Waals surface area contributed by atoms with E-state index in [2.05, 4.69) is 35.4 Å². The number of rotatable bonds is 1. The van der Waals surface area contributed by atoms with Crippen molar-refractivity contribution in [2.24, 2.45) is 4.99 Å². The third kappa shape index (κ3) is 1.09. The van der Waals surface area contributed by atoms with Gasteiger partial charge in [0.25, 0.3) is 0 Å². The molecule has 62 valence electrons. The van der Waals surface area contributed by atoms with Crippen LogP contribution in [-0.4, -0.2) is 6.34 Å². The molecule has 0 radical (unpaired) electrons. The lowest BCUT2D eigenvalue weighted by Gasteiger charge is -2.19. The van der Waals surface area contributed by atoms with Gasteiger partial charge in [0.2, 0.25) is 0 Å². The number of benzene rings is 1. The summed E-state index contributed by atoms with van der Waals surface area (Å²) >= 11 is 0. The van der Waals surface area contributed by atoms with E-state index in [9.17, 15) is 0 Å². The average Bonchev–Trinajstić information content (AvgIpc) is 2.17. The standard InChI is InChI=1S/C10H12N2/c1-2-9-8-5-3-4-6-10(8)12-7-11-9/h3-7,9H,2H2,1H3,(H,11,12)/t9-/m1/s1. The Morgan fingerprint density at radius 2 is 2.25 bits per heavy atom. The third-order valence-electron chi connectivity index (χ3n) is 2.18. The van der Waals surface area contributed by atoms with Gasteiger partial charge in [-0.3, -0.25) is 4.99 Å². The second-order valence-corrected chi connectivity index (χ2v) is 2.93. The predicted octanol–water partition coefficient (Wildman–Crippen LogP) is 2.59. The molecule has 12 heavy (non-hydrogen) atoms. The summed E-state index contributed by atoms with van der Waals surface area (Å²) in [5, 5.41) is 3.14. The highest BCUT2D eigenvalue weighted by molar-refractivity contribution is 5.80. The fourth-order valence-electron chi connectivity index (χ4n) is 1.52. The van der Waals surface area contributed by atoms with Crippen LogP contribution in [0.25, 0.3) is 0 Å². The molecular formula is C10H12N2. The van der Waals surface area contributed by atoms with E-state index in [-0.39, 0.29) is 0 Å². The molecule has 0 bridgehead atoms. The SMILES string of the molecule is CC[C@H]1N=CNc2ccccc21. The number of nitrogens with zero attached hydrogens (tertiary/aromatic N) is 1. The van der Waals surface area contributed by atoms with Crippen molar-refractivity contribution in [2.75, 3.05) is 5.32 Å². The van der Waals surface area contributed by atoms with E-state index in [0.29, 0.717) is 6.04 Å². The van der Waals surface area contributed by atoms with Crippen molar-refractivity contribution in [3.63, 3.8) is 0 Å². The summed E-state index contributed by atoms with van der Waals surface area (Å²) in [5.41, 5.74) is 2.50. The minimum absolute atomic E-state index is 0.349. The van der Waals surface area contributed by atoms with E-state index in [1.54, 1.807) is 6.34 Å². The second kappa shape index (κ2) is 2.97. The molecule has 2 heteroatoms. The lowest BCUT2D eigenvalue weighted by molar-refractivity contribution is 0.701. The topological polar surface area (TPSA) is 24.4 Å². The van der Waals surface area contributed by atoms with Crippen LogP contribution in [0.2, 0.25) is 0 Å². The number of aliphatic imine (C=N–C) groups is 1. The van der Waals surface area contributed by atoms with Crippen LogP contribution in [0.4, 0.5) is 5.69 Å². The maximum atomic E-state index is 4.35. The zero-order valence-corrected chi connectivity index (χ0v) is 7.12. The second-order valence-electron chi connectivity index (χ2n) is 2.93. The molecule has 0 spiro atoms. The van der Waals surface area contributed by atoms with Gasteiger partial charge in [0.05, 0.1) is 12.4 Å². The largest absolute Gasteiger partial charge is 0.346 e. The Hall–Kier alpha value is -1.31. The molecule has 1 heterocycles. The van der Waals surface area contributed by atoms with Crippen molar-refractivity contribution in [1.29, 1.82) is 0 Å². The molecule has 0 fully saturated rings. The molecular weight excluding hydrogens is 148 g/mol. The van der Waals surface area contributed by atoms with Gasteiger partial charge in [-0.25, -0.2) is 0 Å². The van der Waals surface area contributed by atoms with Crippen LogP contribution in [0.3, 0.4) is 0 Å². The van der Waals surface area contributed by atoms with Crippen LogP contribution in [0.15, 0.2) is 29.3 Å². The molecule has 1 aliphatic rings. The number of para-hydroxylation sites is 1. The number of nitrogens with one attached hydrogen (secondary N) is 1. The van der Waals surface area contributed by atoms with Crippen molar-refractivity contribution < 1.29 is 0 Å². The van der Waals surface area contributed by atoms with Gasteiger partial charge in [-0.1, -0.05) is 25.1 Å². The summed E-state index contributed by atoms with van der Waals surface area (Å²) in [7, 11) is 0. The van der Waals surface area contributed by atoms with Gasteiger partial charge in [0, 0.05) is 11.3 Å². The summed E-state index contributed by atoms with van der Waals surface area (Å²) in [6.07, 6.45) is 2.85. The Labute approximate surface area is 72.3 Å². The van der Waals surface area contributed by atoms with E-state index in [1.165, 1.54) is 11.3 Å². The van der Waals surface area contributed by atoms with E-state index < -0.39 is 0 Å². The lowest BCUT2D eigenvalue weighted by Crippen LogP contribution is -2.09. The van der Waals surface area contributed by atoms with Gasteiger partial charge < -0.3 is 5.32 Å². The maximum absolute atomic E-state index is 4.35. The fourth-order valence-corrected chi connectivity index (χ4v) is 1.52. The molecule has 1 atom stereocenters. The summed E-state index contributed by atoms with van der Waals surface area (Å²) in [6, 6.07) is 8.67. The van der Waals surface area contributed by atoms with Crippen LogP contribution in [0.1, 0.15) is 24.9 Å². The first kappa shape index (κ1) is 7.35. The Morgan fingerprint density at radius 3 is 3.08 bits per heavy atom. The summed E-state index contributed by atoms with van der Waals surface area (Å²) in [5.74, 6) is 0. The number of hydrogen-bond donors (Lipinski definition) is 1. The smallest absolute Gasteiger partial charge is 0.0875 e. The monoisotopic (exact) mass is 160 g/mol. The van der Waals surface area contributed by atoms with E-state index in [4.69, 9.17) is 0 Å². The normalized spacial score (nSPS) is 19.9. The van der Waals surface area contributed by atoms with Gasteiger partial charge in [0.15, 0.2) is 0 Å². The Morgan fingerprint density at radius 1 is 1.42 bits per heavy atom. The summed E-state index contributed by atoms with van der Waals surface area (Å²) < 4.78 is 0. The predicted molar refractivity (Wildman–Crippen MR) is 51.6 cm³/mol. The minimum atomic E-state index is 0.349. The van der Waals surface area contributed by atoms with Crippen molar-refractivity contribution in [3.05, 3.63) is 29.8 Å². The first-order valence-corrected chi connectivity index (χ1v) is 4.29. The zero-order valence-electron chi connectivity index (χ0n) is 7.12. The Balaban J connectivity index is 2.43. The molecule has 0 aromatic heterocycles. The molecule has 1 N–H and O–H groups in total. The summed E-state index contributed by atoms with van der Waals surface area (Å²) in [4.78, 5) is 4.35. The first-order valence-electron chi connectivity index (χ1n) is 4.29. The van der Waals surface area contributed by atoms with Gasteiger partial charge in [-0.05, 0) is 12.5 Å². The molecule has 0 aliphatic carbocycles. The molecule has 0 amide bonds. The highest BCUT2D eigenvalue weighted by Crippen LogP contribution is 2.29. The van der Waals surface area contributed by atoms with E-state index >= 15 is 0 Å². The molecule has 1 aliphatic heterocycles. The first-order chi connectivity index (χ1) is 5.92. The lowest BCUT2D eigenvalue weighted by atomic mass is 10.0. The molecule has 1 aromatic rings. The van der Waals surface area contributed by atoms with E-state index in [1.807, 2.05) is 6.07 Å². The maximum Gasteiger partial charge on any atom is 0.0875 e. The van der Waals surface area contributed by atoms with Gasteiger partial charge >= 0.3 is 0 Å². The number of fused-ring (bicyclic) bond motifs is 1. The minimum Gasteiger partial charge on any atom is -0.346 e. The molecule has 0 saturated carbocycles. The van der Waals surface area contributed by atoms with Crippen molar-refractivity contribution >= 4 is 12.0 Å². The highest BCUT2D eigenvalue weighted by Gasteiger charge is 2.13. The van der Waals surface area contributed by atoms with Crippen molar-refractivity contribution in [3.8, 4) is 0 Å². The average molecular weight is 160 g/mol. The Bertz CT molecular complexity index is 304. The zero-order chi connectivity index (χ0) is 8.39. The Kier molecular flexibility index (Phi) is 1.82. The number of hydrogen-bond acceptors (Lipinski definition) is 2. The van der Waals surface area contributed by atoms with Crippen LogP contribution < -0.4 is 5.32 Å². The molecule has 2 nitrogen and oxygen atoms in total. The highest BCUT2D eigenvalue weighted by atomic mass is 15.0. The molecule has 0 unspecified atom stereocenters. The fraction of sp³-hybridized carbons (Fsp3) is 0.300.